The highest BCUT2D eigenvalue weighted by Gasteiger charge is 2.34. The summed E-state index contributed by atoms with van der Waals surface area (Å²) >= 11 is 1.75. The van der Waals surface area contributed by atoms with Gasteiger partial charge in [-0.1, -0.05) is 19.8 Å². The van der Waals surface area contributed by atoms with Crippen molar-refractivity contribution in [2.45, 2.75) is 58.0 Å². The number of aliphatic hydroxyl groups is 1. The van der Waals surface area contributed by atoms with Gasteiger partial charge in [0.1, 0.15) is 0 Å². The molecule has 1 saturated carbocycles. The van der Waals surface area contributed by atoms with Gasteiger partial charge in [-0.05, 0) is 55.5 Å². The lowest BCUT2D eigenvalue weighted by Gasteiger charge is -2.35. The van der Waals surface area contributed by atoms with E-state index < -0.39 is 5.60 Å². The fraction of sp³-hybridized carbons (Fsp3) is 0.714. The van der Waals surface area contributed by atoms with Crippen molar-refractivity contribution in [2.24, 2.45) is 5.92 Å². The van der Waals surface area contributed by atoms with Crippen molar-refractivity contribution in [3.63, 3.8) is 0 Å². The van der Waals surface area contributed by atoms with Gasteiger partial charge in [0, 0.05) is 4.88 Å². The zero-order chi connectivity index (χ0) is 11.6. The summed E-state index contributed by atoms with van der Waals surface area (Å²) in [5.41, 5.74) is 0.639. The van der Waals surface area contributed by atoms with Crippen LogP contribution in [-0.2, 0) is 5.60 Å². The summed E-state index contributed by atoms with van der Waals surface area (Å²) in [4.78, 5) is 1.30. The maximum absolute atomic E-state index is 10.6. The molecule has 0 aromatic carbocycles. The highest BCUT2D eigenvalue weighted by molar-refractivity contribution is 7.10. The Balaban J connectivity index is 2.01. The fourth-order valence-corrected chi connectivity index (χ4v) is 3.62. The monoisotopic (exact) mass is 238 g/mol. The molecule has 1 aliphatic carbocycles. The summed E-state index contributed by atoms with van der Waals surface area (Å²) in [6.45, 7) is 4.36. The molecule has 1 N–H and O–H groups in total. The Kier molecular flexibility index (Phi) is 3.70. The molecule has 1 aliphatic rings. The topological polar surface area (TPSA) is 20.2 Å². The maximum atomic E-state index is 10.6. The molecule has 2 rings (SSSR count). The van der Waals surface area contributed by atoms with Gasteiger partial charge in [-0.15, -0.1) is 11.3 Å². The second-order valence-electron chi connectivity index (χ2n) is 5.21. The van der Waals surface area contributed by atoms with Crippen LogP contribution in [-0.4, -0.2) is 5.11 Å². The normalized spacial score (nSPS) is 30.6. The van der Waals surface area contributed by atoms with Crippen molar-refractivity contribution in [2.75, 3.05) is 0 Å². The molecule has 90 valence electrons. The minimum atomic E-state index is -0.519. The lowest BCUT2D eigenvalue weighted by atomic mass is 9.75. The fourth-order valence-electron chi connectivity index (χ4n) is 2.83. The van der Waals surface area contributed by atoms with E-state index in [9.17, 15) is 5.11 Å². The van der Waals surface area contributed by atoms with E-state index in [2.05, 4.69) is 25.3 Å². The van der Waals surface area contributed by atoms with Crippen molar-refractivity contribution in [1.82, 2.24) is 0 Å². The minimum Gasteiger partial charge on any atom is -0.385 e. The Labute approximate surface area is 103 Å². The summed E-state index contributed by atoms with van der Waals surface area (Å²) in [5, 5.41) is 12.8. The van der Waals surface area contributed by atoms with Gasteiger partial charge >= 0.3 is 0 Å². The molecular weight excluding hydrogens is 216 g/mol. The number of aryl methyl sites for hydroxylation is 1. The average molecular weight is 238 g/mol. The first-order chi connectivity index (χ1) is 7.64. The van der Waals surface area contributed by atoms with Gasteiger partial charge in [0.15, 0.2) is 0 Å². The molecule has 16 heavy (non-hydrogen) atoms. The standard InChI is InChI=1S/C14H22OS/c1-3-4-12-5-7-14(15,8-6-12)13-9-11(2)16-10-13/h9-10,12,15H,3-8H2,1-2H3. The zero-order valence-corrected chi connectivity index (χ0v) is 11.1. The average Bonchev–Trinajstić information content (AvgIpc) is 2.70. The van der Waals surface area contributed by atoms with E-state index in [1.165, 1.54) is 30.6 Å². The molecule has 0 saturated heterocycles. The van der Waals surface area contributed by atoms with Crippen LogP contribution >= 0.6 is 11.3 Å². The summed E-state index contributed by atoms with van der Waals surface area (Å²) in [7, 11) is 0. The second kappa shape index (κ2) is 4.89. The van der Waals surface area contributed by atoms with Crippen LogP contribution in [0.4, 0.5) is 0 Å². The Morgan fingerprint density at radius 2 is 2.12 bits per heavy atom. The highest BCUT2D eigenvalue weighted by Crippen LogP contribution is 2.41. The number of thiophene rings is 1. The van der Waals surface area contributed by atoms with Gasteiger partial charge < -0.3 is 5.11 Å². The third-order valence-electron chi connectivity index (χ3n) is 3.90. The van der Waals surface area contributed by atoms with Crippen molar-refractivity contribution in [3.8, 4) is 0 Å². The van der Waals surface area contributed by atoms with Gasteiger partial charge in [-0.3, -0.25) is 0 Å². The summed E-state index contributed by atoms with van der Waals surface area (Å²) < 4.78 is 0. The van der Waals surface area contributed by atoms with Gasteiger partial charge in [0.25, 0.3) is 0 Å². The third-order valence-corrected chi connectivity index (χ3v) is 4.76. The summed E-state index contributed by atoms with van der Waals surface area (Å²) in [6, 6.07) is 2.16. The molecule has 1 aromatic heterocycles. The maximum Gasteiger partial charge on any atom is 0.0904 e. The zero-order valence-electron chi connectivity index (χ0n) is 10.3. The third kappa shape index (κ3) is 2.49. The quantitative estimate of drug-likeness (QED) is 0.835. The summed E-state index contributed by atoms with van der Waals surface area (Å²) in [5.74, 6) is 0.852. The lowest BCUT2D eigenvalue weighted by molar-refractivity contribution is -0.0149. The van der Waals surface area contributed by atoms with Crippen LogP contribution in [0.5, 0.6) is 0 Å². The molecule has 0 unspecified atom stereocenters. The molecular formula is C14H22OS. The molecule has 0 radical (unpaired) electrons. The molecule has 0 atom stereocenters. The molecule has 0 bridgehead atoms. The smallest absolute Gasteiger partial charge is 0.0904 e. The molecule has 1 fully saturated rings. The first kappa shape index (κ1) is 12.1. The second-order valence-corrected chi connectivity index (χ2v) is 6.33. The Morgan fingerprint density at radius 3 is 2.62 bits per heavy atom. The Hall–Kier alpha value is -0.340. The largest absolute Gasteiger partial charge is 0.385 e. The van der Waals surface area contributed by atoms with E-state index in [1.54, 1.807) is 11.3 Å². The van der Waals surface area contributed by atoms with Crippen LogP contribution in [0.25, 0.3) is 0 Å². The SMILES string of the molecule is CCCC1CCC(O)(c2csc(C)c2)CC1. The van der Waals surface area contributed by atoms with Gasteiger partial charge in [-0.25, -0.2) is 0 Å². The van der Waals surface area contributed by atoms with E-state index >= 15 is 0 Å². The Morgan fingerprint density at radius 1 is 1.44 bits per heavy atom. The summed E-state index contributed by atoms with van der Waals surface area (Å²) in [6.07, 6.45) is 6.90. The van der Waals surface area contributed by atoms with Crippen molar-refractivity contribution in [3.05, 3.63) is 21.9 Å². The van der Waals surface area contributed by atoms with Crippen LogP contribution in [0.15, 0.2) is 11.4 Å². The van der Waals surface area contributed by atoms with Crippen LogP contribution in [0.2, 0.25) is 0 Å². The van der Waals surface area contributed by atoms with E-state index in [4.69, 9.17) is 0 Å². The minimum absolute atomic E-state index is 0.519. The van der Waals surface area contributed by atoms with E-state index in [0.717, 1.165) is 24.3 Å². The molecule has 0 spiro atoms. The van der Waals surface area contributed by atoms with E-state index in [1.807, 2.05) is 0 Å². The van der Waals surface area contributed by atoms with Gasteiger partial charge in [0.05, 0.1) is 5.60 Å². The van der Waals surface area contributed by atoms with Crippen molar-refractivity contribution >= 4 is 11.3 Å². The first-order valence-corrected chi connectivity index (χ1v) is 7.30. The van der Waals surface area contributed by atoms with Crippen LogP contribution < -0.4 is 0 Å². The van der Waals surface area contributed by atoms with Crippen molar-refractivity contribution < 1.29 is 5.11 Å². The number of hydrogen-bond acceptors (Lipinski definition) is 2. The van der Waals surface area contributed by atoms with Crippen LogP contribution in [0.1, 0.15) is 55.9 Å². The number of rotatable bonds is 3. The van der Waals surface area contributed by atoms with Gasteiger partial charge in [0.2, 0.25) is 0 Å². The highest BCUT2D eigenvalue weighted by atomic mass is 32.1. The van der Waals surface area contributed by atoms with E-state index in [0.29, 0.717) is 0 Å². The molecule has 1 nitrogen and oxygen atoms in total. The molecule has 2 heteroatoms. The molecule has 1 aromatic rings. The molecule has 0 aliphatic heterocycles. The predicted octanol–water partition coefficient (Wildman–Crippen LogP) is 4.23. The Bertz CT molecular complexity index is 334. The number of hydrogen-bond donors (Lipinski definition) is 1. The molecule has 0 amide bonds. The van der Waals surface area contributed by atoms with E-state index in [-0.39, 0.29) is 0 Å². The molecule has 1 heterocycles. The predicted molar refractivity (Wildman–Crippen MR) is 69.8 cm³/mol. The van der Waals surface area contributed by atoms with Crippen LogP contribution in [0, 0.1) is 12.8 Å². The van der Waals surface area contributed by atoms with Crippen molar-refractivity contribution in [1.29, 1.82) is 0 Å². The lowest BCUT2D eigenvalue weighted by Crippen LogP contribution is -2.31. The van der Waals surface area contributed by atoms with Crippen LogP contribution in [0.3, 0.4) is 0 Å². The first-order valence-electron chi connectivity index (χ1n) is 6.42. The van der Waals surface area contributed by atoms with Gasteiger partial charge in [-0.2, -0.15) is 0 Å².